The molecule has 6 heteroatoms. The van der Waals surface area contributed by atoms with Crippen molar-refractivity contribution in [2.45, 2.75) is 47.0 Å². The Morgan fingerprint density at radius 2 is 1.80 bits per heavy atom. The summed E-state index contributed by atoms with van der Waals surface area (Å²) in [5.41, 5.74) is 4.42. The van der Waals surface area contributed by atoms with Crippen molar-refractivity contribution in [3.05, 3.63) is 57.6 Å². The Morgan fingerprint density at radius 1 is 1.13 bits per heavy atom. The standard InChI is InChI=1S/C24H31ClN2O3/c1-15(2)30-22-9-19(8-21(25)10-22)14-29-23-16(3)6-18(7-17(23)4)11-27-12-20(13-27)24(28)26-5/h6-10,15,20H,11-14H2,1-5H3,(H,26,28). The van der Waals surface area contributed by atoms with Gasteiger partial charge in [0, 0.05) is 31.7 Å². The number of halogens is 1. The van der Waals surface area contributed by atoms with E-state index >= 15 is 0 Å². The monoisotopic (exact) mass is 430 g/mol. The fraction of sp³-hybridized carbons (Fsp3) is 0.458. The Morgan fingerprint density at radius 3 is 2.40 bits per heavy atom. The molecule has 2 aromatic carbocycles. The molecule has 1 aliphatic heterocycles. The summed E-state index contributed by atoms with van der Waals surface area (Å²) in [5, 5.41) is 3.36. The van der Waals surface area contributed by atoms with Crippen LogP contribution in [0, 0.1) is 19.8 Å². The van der Waals surface area contributed by atoms with E-state index in [1.807, 2.05) is 32.0 Å². The quantitative estimate of drug-likeness (QED) is 0.669. The van der Waals surface area contributed by atoms with Gasteiger partial charge in [0.1, 0.15) is 18.1 Å². The molecule has 1 N–H and O–H groups in total. The smallest absolute Gasteiger partial charge is 0.225 e. The number of hydrogen-bond acceptors (Lipinski definition) is 4. The molecule has 0 bridgehead atoms. The normalized spacial score (nSPS) is 14.5. The van der Waals surface area contributed by atoms with Gasteiger partial charge in [-0.25, -0.2) is 0 Å². The molecular formula is C24H31ClN2O3. The first kappa shape index (κ1) is 22.4. The van der Waals surface area contributed by atoms with E-state index in [9.17, 15) is 4.79 Å². The fourth-order valence-corrected chi connectivity index (χ4v) is 4.13. The molecule has 0 radical (unpaired) electrons. The molecule has 0 atom stereocenters. The third-order valence-corrected chi connectivity index (χ3v) is 5.40. The van der Waals surface area contributed by atoms with Crippen LogP contribution >= 0.6 is 11.6 Å². The van der Waals surface area contributed by atoms with Gasteiger partial charge in [-0.3, -0.25) is 9.69 Å². The molecule has 1 aliphatic rings. The molecule has 0 saturated carbocycles. The van der Waals surface area contributed by atoms with Crippen molar-refractivity contribution in [3.63, 3.8) is 0 Å². The van der Waals surface area contributed by atoms with Gasteiger partial charge in [-0.15, -0.1) is 0 Å². The summed E-state index contributed by atoms with van der Waals surface area (Å²) in [5.74, 6) is 1.90. The van der Waals surface area contributed by atoms with Gasteiger partial charge in [0.05, 0.1) is 12.0 Å². The van der Waals surface area contributed by atoms with E-state index in [-0.39, 0.29) is 17.9 Å². The molecule has 2 aromatic rings. The average molecular weight is 431 g/mol. The second-order valence-corrected chi connectivity index (χ2v) is 8.75. The summed E-state index contributed by atoms with van der Waals surface area (Å²) >= 11 is 6.24. The van der Waals surface area contributed by atoms with E-state index in [4.69, 9.17) is 21.1 Å². The van der Waals surface area contributed by atoms with Crippen LogP contribution in [-0.2, 0) is 17.9 Å². The number of hydrogen-bond donors (Lipinski definition) is 1. The molecule has 5 nitrogen and oxygen atoms in total. The molecule has 3 rings (SSSR count). The first-order valence-corrected chi connectivity index (χ1v) is 10.8. The number of aryl methyl sites for hydroxylation is 2. The number of rotatable bonds is 8. The van der Waals surface area contributed by atoms with Crippen LogP contribution in [-0.4, -0.2) is 37.0 Å². The maximum Gasteiger partial charge on any atom is 0.225 e. The van der Waals surface area contributed by atoms with Crippen LogP contribution in [0.3, 0.4) is 0 Å². The van der Waals surface area contributed by atoms with Gasteiger partial charge < -0.3 is 14.8 Å². The molecule has 0 unspecified atom stereocenters. The van der Waals surface area contributed by atoms with Gasteiger partial charge in [0.15, 0.2) is 0 Å². The minimum atomic E-state index is 0.0901. The fourth-order valence-electron chi connectivity index (χ4n) is 3.89. The molecular weight excluding hydrogens is 400 g/mol. The lowest BCUT2D eigenvalue weighted by atomic mass is 9.97. The highest BCUT2D eigenvalue weighted by Crippen LogP contribution is 2.29. The van der Waals surface area contributed by atoms with Gasteiger partial charge in [-0.05, 0) is 68.1 Å². The zero-order valence-corrected chi connectivity index (χ0v) is 19.2. The lowest BCUT2D eigenvalue weighted by Gasteiger charge is -2.38. The molecule has 1 heterocycles. The Labute approximate surface area is 184 Å². The van der Waals surface area contributed by atoms with E-state index in [2.05, 4.69) is 36.2 Å². The summed E-state index contributed by atoms with van der Waals surface area (Å²) in [6.45, 7) is 11.0. The van der Waals surface area contributed by atoms with Crippen molar-refractivity contribution >= 4 is 17.5 Å². The maximum atomic E-state index is 11.7. The lowest BCUT2D eigenvalue weighted by Crippen LogP contribution is -2.52. The molecule has 1 saturated heterocycles. The second-order valence-electron chi connectivity index (χ2n) is 8.31. The van der Waals surface area contributed by atoms with Crippen LogP contribution in [0.25, 0.3) is 0 Å². The lowest BCUT2D eigenvalue weighted by molar-refractivity contribution is -0.129. The number of ether oxygens (including phenoxy) is 2. The summed E-state index contributed by atoms with van der Waals surface area (Å²) in [6, 6.07) is 10.0. The molecule has 0 aliphatic carbocycles. The predicted molar refractivity (Wildman–Crippen MR) is 120 cm³/mol. The highest BCUT2D eigenvalue weighted by Gasteiger charge is 2.31. The minimum absolute atomic E-state index is 0.0901. The van der Waals surface area contributed by atoms with Gasteiger partial charge in [0.25, 0.3) is 0 Å². The van der Waals surface area contributed by atoms with Gasteiger partial charge in [-0.2, -0.15) is 0 Å². The average Bonchev–Trinajstić information content (AvgIpc) is 2.62. The number of carbonyl (C=O) groups is 1. The highest BCUT2D eigenvalue weighted by molar-refractivity contribution is 6.30. The Kier molecular flexibility index (Phi) is 7.27. The third kappa shape index (κ3) is 5.67. The summed E-state index contributed by atoms with van der Waals surface area (Å²) in [7, 11) is 1.69. The summed E-state index contributed by atoms with van der Waals surface area (Å²) in [6.07, 6.45) is 0.0901. The van der Waals surface area contributed by atoms with Crippen molar-refractivity contribution in [2.75, 3.05) is 20.1 Å². The number of amides is 1. The van der Waals surface area contributed by atoms with Crippen molar-refractivity contribution in [1.82, 2.24) is 10.2 Å². The molecule has 162 valence electrons. The third-order valence-electron chi connectivity index (χ3n) is 5.19. The van der Waals surface area contributed by atoms with E-state index in [1.165, 1.54) is 5.56 Å². The number of nitrogens with one attached hydrogen (secondary N) is 1. The zero-order valence-electron chi connectivity index (χ0n) is 18.4. The second kappa shape index (κ2) is 9.71. The van der Waals surface area contributed by atoms with Gasteiger partial charge in [-0.1, -0.05) is 23.7 Å². The zero-order chi connectivity index (χ0) is 21.8. The van der Waals surface area contributed by atoms with E-state index < -0.39 is 0 Å². The van der Waals surface area contributed by atoms with Crippen molar-refractivity contribution < 1.29 is 14.3 Å². The number of nitrogens with zero attached hydrogens (tertiary/aromatic N) is 1. The van der Waals surface area contributed by atoms with Crippen molar-refractivity contribution in [2.24, 2.45) is 5.92 Å². The van der Waals surface area contributed by atoms with Gasteiger partial charge >= 0.3 is 0 Å². The minimum Gasteiger partial charge on any atom is -0.491 e. The molecule has 1 amide bonds. The SMILES string of the molecule is CNC(=O)C1CN(Cc2cc(C)c(OCc3cc(Cl)cc(OC(C)C)c3)c(C)c2)C1. The van der Waals surface area contributed by atoms with E-state index in [0.29, 0.717) is 11.6 Å². The summed E-state index contributed by atoms with van der Waals surface area (Å²) < 4.78 is 11.9. The number of likely N-dealkylation sites (tertiary alicyclic amines) is 1. The molecule has 30 heavy (non-hydrogen) atoms. The van der Waals surface area contributed by atoms with Crippen molar-refractivity contribution in [3.8, 4) is 11.5 Å². The van der Waals surface area contributed by atoms with Gasteiger partial charge in [0.2, 0.25) is 5.91 Å². The summed E-state index contributed by atoms with van der Waals surface area (Å²) in [4.78, 5) is 13.9. The first-order chi connectivity index (χ1) is 14.2. The number of carbonyl (C=O) groups excluding carboxylic acids is 1. The highest BCUT2D eigenvalue weighted by atomic mass is 35.5. The first-order valence-electron chi connectivity index (χ1n) is 10.4. The molecule has 1 fully saturated rings. The number of benzene rings is 2. The molecule has 0 aromatic heterocycles. The van der Waals surface area contributed by atoms with E-state index in [1.54, 1.807) is 7.05 Å². The van der Waals surface area contributed by atoms with Crippen LogP contribution < -0.4 is 14.8 Å². The Bertz CT molecular complexity index is 884. The topological polar surface area (TPSA) is 50.8 Å². The van der Waals surface area contributed by atoms with Crippen LogP contribution in [0.2, 0.25) is 5.02 Å². The van der Waals surface area contributed by atoms with Crippen LogP contribution in [0.15, 0.2) is 30.3 Å². The van der Waals surface area contributed by atoms with Crippen LogP contribution in [0.5, 0.6) is 11.5 Å². The Hall–Kier alpha value is -2.24. The predicted octanol–water partition coefficient (Wildman–Crippen LogP) is 4.50. The largest absolute Gasteiger partial charge is 0.491 e. The maximum absolute atomic E-state index is 11.7. The molecule has 0 spiro atoms. The van der Waals surface area contributed by atoms with Crippen LogP contribution in [0.1, 0.15) is 36.1 Å². The van der Waals surface area contributed by atoms with Crippen molar-refractivity contribution in [1.29, 1.82) is 0 Å². The van der Waals surface area contributed by atoms with E-state index in [0.717, 1.165) is 47.8 Å². The Balaban J connectivity index is 1.62. The van der Waals surface area contributed by atoms with Crippen LogP contribution in [0.4, 0.5) is 0 Å².